The summed E-state index contributed by atoms with van der Waals surface area (Å²) >= 11 is 0. The minimum Gasteiger partial charge on any atom is -0.416 e. The SMILES string of the molecule is C[SiH](C)OC(C(C)(C)C)C1(c2ccccc2)CCN(CC2(c3cccc(F)c3)CCCC2)CC1. The van der Waals surface area contributed by atoms with Crippen LogP contribution in [0.2, 0.25) is 13.1 Å². The maximum atomic E-state index is 14.1. The molecule has 0 bridgehead atoms. The van der Waals surface area contributed by atoms with Crippen molar-refractivity contribution in [1.29, 1.82) is 0 Å². The van der Waals surface area contributed by atoms with Crippen LogP contribution in [0.15, 0.2) is 54.6 Å². The molecule has 2 aromatic carbocycles. The standard InChI is InChI=1S/C30H44FNOSi/c1-28(2,3)27(33-34(4)5)30(24-12-7-6-8-13-24)18-20-32(21-19-30)23-29(16-9-10-17-29)25-14-11-15-26(31)22-25/h6-8,11-15,22,27,34H,9-10,16-21,23H2,1-5H3. The van der Waals surface area contributed by atoms with E-state index in [9.17, 15) is 4.39 Å². The fourth-order valence-corrected chi connectivity index (χ4v) is 8.07. The van der Waals surface area contributed by atoms with Crippen molar-refractivity contribution in [3.63, 3.8) is 0 Å². The summed E-state index contributed by atoms with van der Waals surface area (Å²) in [5.74, 6) is -0.103. The van der Waals surface area contributed by atoms with Gasteiger partial charge >= 0.3 is 0 Å². The molecule has 1 saturated heterocycles. The van der Waals surface area contributed by atoms with Crippen molar-refractivity contribution in [2.45, 2.75) is 89.3 Å². The molecule has 0 N–H and O–H groups in total. The molecule has 2 aromatic rings. The first kappa shape index (κ1) is 25.6. The molecule has 2 nitrogen and oxygen atoms in total. The normalized spacial score (nSPS) is 21.6. The minimum absolute atomic E-state index is 0.0367. The van der Waals surface area contributed by atoms with Gasteiger partial charge in [-0.25, -0.2) is 4.39 Å². The first-order chi connectivity index (χ1) is 16.1. The largest absolute Gasteiger partial charge is 0.416 e. The lowest BCUT2D eigenvalue weighted by molar-refractivity contribution is -0.0228. The molecule has 1 heterocycles. The number of nitrogens with zero attached hydrogens (tertiary/aromatic N) is 1. The molecule has 1 aliphatic carbocycles. The second-order valence-corrected chi connectivity index (χ2v) is 14.6. The van der Waals surface area contributed by atoms with Gasteiger partial charge in [0.1, 0.15) is 5.82 Å². The van der Waals surface area contributed by atoms with Crippen molar-refractivity contribution < 1.29 is 8.82 Å². The van der Waals surface area contributed by atoms with Gasteiger partial charge in [-0.2, -0.15) is 0 Å². The lowest BCUT2D eigenvalue weighted by Crippen LogP contribution is -2.56. The summed E-state index contributed by atoms with van der Waals surface area (Å²) in [6.07, 6.45) is 7.26. The predicted molar refractivity (Wildman–Crippen MR) is 144 cm³/mol. The van der Waals surface area contributed by atoms with Gasteiger partial charge in [0.25, 0.3) is 0 Å². The summed E-state index contributed by atoms with van der Waals surface area (Å²) in [6.45, 7) is 14.8. The van der Waals surface area contributed by atoms with Crippen LogP contribution < -0.4 is 0 Å². The van der Waals surface area contributed by atoms with Gasteiger partial charge in [-0.15, -0.1) is 0 Å². The molecule has 2 fully saturated rings. The second-order valence-electron chi connectivity index (χ2n) is 12.2. The zero-order valence-electron chi connectivity index (χ0n) is 21.9. The Morgan fingerprint density at radius 1 is 0.912 bits per heavy atom. The van der Waals surface area contributed by atoms with E-state index in [2.05, 4.69) is 75.2 Å². The summed E-state index contributed by atoms with van der Waals surface area (Å²) in [5.41, 5.74) is 2.84. The summed E-state index contributed by atoms with van der Waals surface area (Å²) in [7, 11) is -1.21. The summed E-state index contributed by atoms with van der Waals surface area (Å²) < 4.78 is 21.0. The van der Waals surface area contributed by atoms with Gasteiger partial charge < -0.3 is 9.33 Å². The average molecular weight is 482 g/mol. The Kier molecular flexibility index (Phi) is 7.71. The Morgan fingerprint density at radius 3 is 2.09 bits per heavy atom. The van der Waals surface area contributed by atoms with E-state index in [1.54, 1.807) is 12.1 Å². The monoisotopic (exact) mass is 481 g/mol. The fraction of sp³-hybridized carbons (Fsp3) is 0.600. The van der Waals surface area contributed by atoms with Crippen molar-refractivity contribution >= 4 is 9.04 Å². The van der Waals surface area contributed by atoms with Crippen LogP contribution in [-0.4, -0.2) is 39.7 Å². The van der Waals surface area contributed by atoms with Crippen LogP contribution in [-0.2, 0) is 15.3 Å². The number of rotatable bonds is 7. The lowest BCUT2D eigenvalue weighted by atomic mass is 9.62. The highest BCUT2D eigenvalue weighted by Gasteiger charge is 2.49. The van der Waals surface area contributed by atoms with Crippen molar-refractivity contribution in [2.24, 2.45) is 5.41 Å². The van der Waals surface area contributed by atoms with Crippen LogP contribution in [0.5, 0.6) is 0 Å². The first-order valence-corrected chi connectivity index (χ1v) is 16.1. The quantitative estimate of drug-likeness (QED) is 0.392. The lowest BCUT2D eigenvalue weighted by Gasteiger charge is -2.52. The first-order valence-electron chi connectivity index (χ1n) is 13.3. The molecule has 1 aliphatic heterocycles. The van der Waals surface area contributed by atoms with Crippen molar-refractivity contribution in [2.75, 3.05) is 19.6 Å². The molecule has 186 valence electrons. The molecule has 1 saturated carbocycles. The number of halogens is 1. The highest BCUT2D eigenvalue weighted by molar-refractivity contribution is 6.48. The van der Waals surface area contributed by atoms with Gasteiger partial charge in [0, 0.05) is 17.4 Å². The number of likely N-dealkylation sites (tertiary alicyclic amines) is 1. The Bertz CT molecular complexity index is 924. The highest BCUT2D eigenvalue weighted by atomic mass is 28.3. The molecule has 0 spiro atoms. The molecule has 0 amide bonds. The molecular weight excluding hydrogens is 437 g/mol. The van der Waals surface area contributed by atoms with Gasteiger partial charge in [0.2, 0.25) is 0 Å². The molecule has 34 heavy (non-hydrogen) atoms. The van der Waals surface area contributed by atoms with Gasteiger partial charge in [-0.05, 0) is 80.5 Å². The van der Waals surface area contributed by atoms with E-state index in [1.807, 2.05) is 6.07 Å². The van der Waals surface area contributed by atoms with Crippen LogP contribution in [0, 0.1) is 11.2 Å². The van der Waals surface area contributed by atoms with Crippen LogP contribution >= 0.6 is 0 Å². The fourth-order valence-electron chi connectivity index (χ4n) is 6.85. The number of benzene rings is 2. The van der Waals surface area contributed by atoms with E-state index in [0.717, 1.165) is 32.5 Å². The number of hydrogen-bond acceptors (Lipinski definition) is 2. The number of hydrogen-bond donors (Lipinski definition) is 0. The minimum atomic E-state index is -1.21. The van der Waals surface area contributed by atoms with E-state index in [-0.39, 0.29) is 28.2 Å². The van der Waals surface area contributed by atoms with E-state index in [4.69, 9.17) is 4.43 Å². The van der Waals surface area contributed by atoms with E-state index >= 15 is 0 Å². The van der Waals surface area contributed by atoms with Crippen molar-refractivity contribution in [3.8, 4) is 0 Å². The summed E-state index contributed by atoms with van der Waals surface area (Å²) in [4.78, 5) is 2.67. The Hall–Kier alpha value is -1.49. The van der Waals surface area contributed by atoms with E-state index in [1.165, 1.54) is 36.8 Å². The second kappa shape index (κ2) is 10.2. The van der Waals surface area contributed by atoms with E-state index in [0.29, 0.717) is 0 Å². The van der Waals surface area contributed by atoms with Crippen molar-refractivity contribution in [3.05, 3.63) is 71.5 Å². The van der Waals surface area contributed by atoms with E-state index < -0.39 is 9.04 Å². The molecular formula is C30H44FNOSi. The number of piperidine rings is 1. The Balaban J connectivity index is 1.60. The van der Waals surface area contributed by atoms with Crippen LogP contribution in [0.4, 0.5) is 4.39 Å². The average Bonchev–Trinajstić information content (AvgIpc) is 3.28. The third-order valence-corrected chi connectivity index (χ3v) is 9.13. The third kappa shape index (κ3) is 5.34. The smallest absolute Gasteiger partial charge is 0.171 e. The van der Waals surface area contributed by atoms with Gasteiger partial charge in [0.15, 0.2) is 9.04 Å². The molecule has 2 aliphatic rings. The molecule has 4 heteroatoms. The summed E-state index contributed by atoms with van der Waals surface area (Å²) in [5, 5.41) is 0. The van der Waals surface area contributed by atoms with Gasteiger partial charge in [-0.1, -0.05) is 76.1 Å². The molecule has 0 radical (unpaired) electrons. The maximum Gasteiger partial charge on any atom is 0.171 e. The maximum absolute atomic E-state index is 14.1. The Labute approximate surface area is 208 Å². The molecule has 1 unspecified atom stereocenters. The molecule has 4 rings (SSSR count). The van der Waals surface area contributed by atoms with Crippen LogP contribution in [0.3, 0.4) is 0 Å². The topological polar surface area (TPSA) is 12.5 Å². The zero-order valence-corrected chi connectivity index (χ0v) is 23.1. The summed E-state index contributed by atoms with van der Waals surface area (Å²) in [6, 6.07) is 18.6. The Morgan fingerprint density at radius 2 is 1.53 bits per heavy atom. The molecule has 1 atom stereocenters. The van der Waals surface area contributed by atoms with Gasteiger partial charge in [0.05, 0.1) is 6.10 Å². The van der Waals surface area contributed by atoms with Gasteiger partial charge in [-0.3, -0.25) is 0 Å². The predicted octanol–water partition coefficient (Wildman–Crippen LogP) is 7.09. The third-order valence-electron chi connectivity index (χ3n) is 8.32. The van der Waals surface area contributed by atoms with Crippen LogP contribution in [0.1, 0.15) is 70.4 Å². The van der Waals surface area contributed by atoms with Crippen molar-refractivity contribution in [1.82, 2.24) is 4.90 Å². The van der Waals surface area contributed by atoms with Crippen LogP contribution in [0.25, 0.3) is 0 Å². The molecule has 0 aromatic heterocycles. The zero-order chi connectivity index (χ0) is 24.4. The highest BCUT2D eigenvalue weighted by Crippen LogP contribution is 2.48.